The fourth-order valence-electron chi connectivity index (χ4n) is 3.12. The normalized spacial score (nSPS) is 13.8. The van der Waals surface area contributed by atoms with E-state index in [0.29, 0.717) is 48.7 Å². The molecule has 2 heterocycles. The van der Waals surface area contributed by atoms with Crippen molar-refractivity contribution < 1.29 is 4.79 Å². The predicted octanol–water partition coefficient (Wildman–Crippen LogP) is 1.22. The molecule has 0 aliphatic carbocycles. The molecule has 7 heteroatoms. The minimum Gasteiger partial charge on any atom is -0.331 e. The highest BCUT2D eigenvalue weighted by atomic mass is 16.2. The zero-order valence-corrected chi connectivity index (χ0v) is 15.0. The summed E-state index contributed by atoms with van der Waals surface area (Å²) in [6, 6.07) is 10.3. The molecular formula is C19H21N5O2. The van der Waals surface area contributed by atoms with E-state index in [4.69, 9.17) is 5.26 Å². The molecule has 2 aromatic rings. The van der Waals surface area contributed by atoms with Gasteiger partial charge in [0.05, 0.1) is 23.9 Å². The highest BCUT2D eigenvalue weighted by Gasteiger charge is 2.22. The number of rotatable bonds is 3. The van der Waals surface area contributed by atoms with Crippen LogP contribution in [0.25, 0.3) is 0 Å². The zero-order valence-electron chi connectivity index (χ0n) is 15.0. The number of benzene rings is 1. The van der Waals surface area contributed by atoms with Crippen LogP contribution in [0, 0.1) is 11.3 Å². The maximum absolute atomic E-state index is 12.9. The lowest BCUT2D eigenvalue weighted by Crippen LogP contribution is -2.32. The lowest BCUT2D eigenvalue weighted by molar-refractivity contribution is 0.0743. The van der Waals surface area contributed by atoms with E-state index in [1.165, 1.54) is 0 Å². The maximum Gasteiger partial charge on any atom is 0.254 e. The molecule has 0 atom stereocenters. The van der Waals surface area contributed by atoms with Crippen LogP contribution in [0.1, 0.15) is 33.9 Å². The molecule has 26 heavy (non-hydrogen) atoms. The highest BCUT2D eigenvalue weighted by molar-refractivity contribution is 5.94. The maximum atomic E-state index is 12.9. The average molecular weight is 351 g/mol. The molecule has 0 bridgehead atoms. The number of nitriles is 1. The minimum atomic E-state index is -0.150. The Morgan fingerprint density at radius 3 is 2.85 bits per heavy atom. The van der Waals surface area contributed by atoms with Crippen LogP contribution in [0.4, 0.5) is 0 Å². The summed E-state index contributed by atoms with van der Waals surface area (Å²) in [6.07, 6.45) is 0.686. The van der Waals surface area contributed by atoms with Crippen molar-refractivity contribution in [3.63, 3.8) is 0 Å². The smallest absolute Gasteiger partial charge is 0.254 e. The quantitative estimate of drug-likeness (QED) is 0.830. The van der Waals surface area contributed by atoms with Crippen LogP contribution in [0.2, 0.25) is 0 Å². The predicted molar refractivity (Wildman–Crippen MR) is 96.4 cm³/mol. The Balaban J connectivity index is 1.91. The van der Waals surface area contributed by atoms with Crippen molar-refractivity contribution in [1.29, 1.82) is 5.26 Å². The molecule has 0 radical (unpaired) electrons. The van der Waals surface area contributed by atoms with E-state index in [-0.39, 0.29) is 18.0 Å². The third kappa shape index (κ3) is 3.81. The zero-order chi connectivity index (χ0) is 18.7. The molecule has 3 rings (SSSR count). The van der Waals surface area contributed by atoms with Crippen LogP contribution in [0.5, 0.6) is 0 Å². The standard InChI is InChI=1S/C19H21N5O2/c1-22(2)12-16-10-18(25)24-8-4-7-23(13-17(24)21-16)19(26)15-6-3-5-14(9-15)11-20/h3,5-6,9-10H,4,7-8,12-13H2,1-2H3. The van der Waals surface area contributed by atoms with Crippen molar-refractivity contribution in [2.45, 2.75) is 26.1 Å². The summed E-state index contributed by atoms with van der Waals surface area (Å²) in [5, 5.41) is 9.04. The van der Waals surface area contributed by atoms with E-state index >= 15 is 0 Å². The first-order valence-electron chi connectivity index (χ1n) is 8.52. The SMILES string of the molecule is CN(C)Cc1cc(=O)n2c(n1)CN(C(=O)c1cccc(C#N)c1)CCC2. The van der Waals surface area contributed by atoms with Gasteiger partial charge < -0.3 is 9.80 Å². The van der Waals surface area contributed by atoms with Gasteiger partial charge in [-0.2, -0.15) is 5.26 Å². The number of carbonyl (C=O) groups excluding carboxylic acids is 1. The van der Waals surface area contributed by atoms with Crippen LogP contribution in [0.3, 0.4) is 0 Å². The molecule has 1 aliphatic rings. The Labute approximate surface area is 152 Å². The van der Waals surface area contributed by atoms with Crippen LogP contribution in [0.15, 0.2) is 35.1 Å². The fourth-order valence-corrected chi connectivity index (χ4v) is 3.12. The molecule has 1 aromatic carbocycles. The third-order valence-corrected chi connectivity index (χ3v) is 4.29. The first kappa shape index (κ1) is 17.8. The van der Waals surface area contributed by atoms with E-state index in [0.717, 1.165) is 0 Å². The van der Waals surface area contributed by atoms with Gasteiger partial charge in [0, 0.05) is 31.3 Å². The molecule has 0 unspecified atom stereocenters. The highest BCUT2D eigenvalue weighted by Crippen LogP contribution is 2.14. The average Bonchev–Trinajstić information content (AvgIpc) is 2.83. The second kappa shape index (κ2) is 7.50. The minimum absolute atomic E-state index is 0.0763. The van der Waals surface area contributed by atoms with E-state index in [1.54, 1.807) is 39.8 Å². The number of carbonyl (C=O) groups is 1. The first-order valence-corrected chi connectivity index (χ1v) is 8.52. The van der Waals surface area contributed by atoms with Crippen molar-refractivity contribution in [1.82, 2.24) is 19.4 Å². The lowest BCUT2D eigenvalue weighted by atomic mass is 10.1. The van der Waals surface area contributed by atoms with E-state index < -0.39 is 0 Å². The Bertz CT molecular complexity index is 926. The van der Waals surface area contributed by atoms with Crippen molar-refractivity contribution in [2.75, 3.05) is 20.6 Å². The van der Waals surface area contributed by atoms with Gasteiger partial charge in [0.15, 0.2) is 0 Å². The van der Waals surface area contributed by atoms with Crippen LogP contribution in [-0.2, 0) is 19.6 Å². The van der Waals surface area contributed by atoms with Crippen molar-refractivity contribution in [3.8, 4) is 6.07 Å². The fraction of sp³-hybridized carbons (Fsp3) is 0.368. The molecular weight excluding hydrogens is 330 g/mol. The van der Waals surface area contributed by atoms with Crippen molar-refractivity contribution >= 4 is 5.91 Å². The summed E-state index contributed by atoms with van der Waals surface area (Å²) in [5.74, 6) is 0.458. The number of hydrogen-bond donors (Lipinski definition) is 0. The van der Waals surface area contributed by atoms with Gasteiger partial charge in [-0.1, -0.05) is 6.07 Å². The molecule has 7 nitrogen and oxygen atoms in total. The number of hydrogen-bond acceptors (Lipinski definition) is 5. The van der Waals surface area contributed by atoms with Gasteiger partial charge in [0.1, 0.15) is 5.82 Å². The van der Waals surface area contributed by atoms with Crippen LogP contribution in [-0.4, -0.2) is 45.9 Å². The Kier molecular flexibility index (Phi) is 5.14. The van der Waals surface area contributed by atoms with Gasteiger partial charge in [0.2, 0.25) is 0 Å². The van der Waals surface area contributed by atoms with Gasteiger partial charge in [-0.15, -0.1) is 0 Å². The van der Waals surface area contributed by atoms with Crippen LogP contribution < -0.4 is 5.56 Å². The third-order valence-electron chi connectivity index (χ3n) is 4.29. The second-order valence-electron chi connectivity index (χ2n) is 6.66. The molecule has 1 amide bonds. The van der Waals surface area contributed by atoms with Crippen molar-refractivity contribution in [2.24, 2.45) is 0 Å². The number of nitrogens with zero attached hydrogens (tertiary/aromatic N) is 5. The Morgan fingerprint density at radius 1 is 1.31 bits per heavy atom. The van der Waals surface area contributed by atoms with E-state index in [1.807, 2.05) is 19.0 Å². The largest absolute Gasteiger partial charge is 0.331 e. The monoisotopic (exact) mass is 351 g/mol. The molecule has 0 spiro atoms. The Hall–Kier alpha value is -2.98. The van der Waals surface area contributed by atoms with Gasteiger partial charge in [0.25, 0.3) is 11.5 Å². The van der Waals surface area contributed by atoms with Gasteiger partial charge in [-0.05, 0) is 38.7 Å². The molecule has 134 valence electrons. The topological polar surface area (TPSA) is 82.2 Å². The first-order chi connectivity index (χ1) is 12.5. The van der Waals surface area contributed by atoms with Gasteiger partial charge in [-0.3, -0.25) is 14.2 Å². The number of amides is 1. The number of aromatic nitrogens is 2. The second-order valence-corrected chi connectivity index (χ2v) is 6.66. The lowest BCUT2D eigenvalue weighted by Gasteiger charge is -2.20. The molecule has 0 N–H and O–H groups in total. The summed E-state index contributed by atoms with van der Waals surface area (Å²) in [7, 11) is 3.84. The molecule has 0 saturated heterocycles. The molecule has 0 fully saturated rings. The van der Waals surface area contributed by atoms with Crippen LogP contribution >= 0.6 is 0 Å². The van der Waals surface area contributed by atoms with Crippen molar-refractivity contribution in [3.05, 3.63) is 63.3 Å². The summed E-state index contributed by atoms with van der Waals surface area (Å²) >= 11 is 0. The summed E-state index contributed by atoms with van der Waals surface area (Å²) in [6.45, 7) is 1.94. The van der Waals surface area contributed by atoms with Gasteiger partial charge >= 0.3 is 0 Å². The summed E-state index contributed by atoms with van der Waals surface area (Å²) < 4.78 is 1.65. The molecule has 1 aromatic heterocycles. The summed E-state index contributed by atoms with van der Waals surface area (Å²) in [4.78, 5) is 33.5. The summed E-state index contributed by atoms with van der Waals surface area (Å²) in [5.41, 5.74) is 1.55. The van der Waals surface area contributed by atoms with E-state index in [2.05, 4.69) is 11.1 Å². The Morgan fingerprint density at radius 2 is 2.12 bits per heavy atom. The van der Waals surface area contributed by atoms with E-state index in [9.17, 15) is 9.59 Å². The molecule has 1 aliphatic heterocycles. The number of fused-ring (bicyclic) bond motifs is 1. The molecule has 0 saturated carbocycles. The van der Waals surface area contributed by atoms with Gasteiger partial charge in [-0.25, -0.2) is 4.98 Å².